The molecule has 0 aliphatic heterocycles. The van der Waals surface area contributed by atoms with Gasteiger partial charge in [0.05, 0.1) is 21.1 Å². The van der Waals surface area contributed by atoms with E-state index in [1.54, 1.807) is 0 Å². The quantitative estimate of drug-likeness (QED) is 0.364. The number of nitrogens with one attached hydrogen (secondary N) is 1. The lowest BCUT2D eigenvalue weighted by molar-refractivity contribution is -0.384. The summed E-state index contributed by atoms with van der Waals surface area (Å²) in [4.78, 5) is 10.5. The number of anilines is 1. The molecule has 1 atom stereocenters. The molecular weight excluding hydrogens is 483 g/mol. The van der Waals surface area contributed by atoms with Crippen molar-refractivity contribution < 1.29 is 26.5 Å². The Balaban J connectivity index is 1.76. The molecule has 33 heavy (non-hydrogen) atoms. The fraction of sp³-hybridized carbons (Fsp3) is 0.381. The van der Waals surface area contributed by atoms with E-state index in [-0.39, 0.29) is 22.3 Å². The van der Waals surface area contributed by atoms with Crippen LogP contribution >= 0.6 is 11.6 Å². The van der Waals surface area contributed by atoms with Gasteiger partial charge in [-0.15, -0.1) is 0 Å². The maximum atomic E-state index is 12.9. The molecule has 0 unspecified atom stereocenters. The lowest BCUT2D eigenvalue weighted by Crippen LogP contribution is -2.23. The van der Waals surface area contributed by atoms with Crippen molar-refractivity contribution in [2.24, 2.45) is 11.0 Å². The number of rotatable bonds is 7. The Morgan fingerprint density at radius 1 is 1.15 bits per heavy atom. The molecule has 0 aromatic heterocycles. The number of nitro groups is 1. The second kappa shape index (κ2) is 10.1. The number of sulfone groups is 1. The van der Waals surface area contributed by atoms with Gasteiger partial charge in [-0.05, 0) is 62.1 Å². The number of nitro benzene ring substituents is 1. The molecule has 0 bridgehead atoms. The van der Waals surface area contributed by atoms with E-state index in [1.807, 2.05) is 0 Å². The van der Waals surface area contributed by atoms with Crippen LogP contribution in [0.1, 0.15) is 37.7 Å². The maximum absolute atomic E-state index is 12.9. The highest BCUT2D eigenvalue weighted by Crippen LogP contribution is 2.35. The molecule has 1 aliphatic rings. The predicted molar refractivity (Wildman–Crippen MR) is 119 cm³/mol. The van der Waals surface area contributed by atoms with E-state index in [9.17, 15) is 31.7 Å². The molecule has 3 rings (SSSR count). The standard InChI is InChI=1S/C21H21ClF3N3O4S/c22-16-6-8-17(9-7-16)33(31,32)12-11-14-3-1-2-4-18(14)26-27-19-10-5-15(21(23,24)25)13-20(19)28(29)30/h5-10,13-14,27H,1-4,11-12H2/b26-18-/t14-/m1/s1. The van der Waals surface area contributed by atoms with Crippen molar-refractivity contribution in [3.8, 4) is 0 Å². The fourth-order valence-electron chi connectivity index (χ4n) is 3.67. The van der Waals surface area contributed by atoms with Crippen molar-refractivity contribution in [1.82, 2.24) is 0 Å². The van der Waals surface area contributed by atoms with Gasteiger partial charge in [-0.2, -0.15) is 18.3 Å². The van der Waals surface area contributed by atoms with Crippen LogP contribution in [0.15, 0.2) is 52.5 Å². The average molecular weight is 504 g/mol. The molecule has 1 fully saturated rings. The number of hydrogen-bond acceptors (Lipinski definition) is 6. The molecule has 0 saturated heterocycles. The van der Waals surface area contributed by atoms with Crippen LogP contribution in [0.4, 0.5) is 24.5 Å². The summed E-state index contributed by atoms with van der Waals surface area (Å²) in [7, 11) is -3.53. The summed E-state index contributed by atoms with van der Waals surface area (Å²) in [6.45, 7) is 0. The first-order valence-corrected chi connectivity index (χ1v) is 12.2. The minimum Gasteiger partial charge on any atom is -0.272 e. The summed E-state index contributed by atoms with van der Waals surface area (Å²) in [5.74, 6) is -0.277. The largest absolute Gasteiger partial charge is 0.416 e. The highest BCUT2D eigenvalue weighted by atomic mass is 35.5. The zero-order valence-electron chi connectivity index (χ0n) is 17.3. The van der Waals surface area contributed by atoms with Crippen LogP contribution in [0.3, 0.4) is 0 Å². The summed E-state index contributed by atoms with van der Waals surface area (Å²) >= 11 is 5.81. The average Bonchev–Trinajstić information content (AvgIpc) is 2.76. The highest BCUT2D eigenvalue weighted by molar-refractivity contribution is 7.91. The normalized spacial score (nSPS) is 18.3. The molecule has 0 amide bonds. The maximum Gasteiger partial charge on any atom is 0.416 e. The molecule has 7 nitrogen and oxygen atoms in total. The number of nitrogens with zero attached hydrogens (tertiary/aromatic N) is 2. The van der Waals surface area contributed by atoms with Gasteiger partial charge in [-0.3, -0.25) is 15.5 Å². The van der Waals surface area contributed by atoms with Crippen LogP contribution in [-0.2, 0) is 16.0 Å². The van der Waals surface area contributed by atoms with Gasteiger partial charge in [-0.25, -0.2) is 8.42 Å². The van der Waals surface area contributed by atoms with Crippen LogP contribution in [0.2, 0.25) is 5.02 Å². The molecule has 1 aliphatic carbocycles. The van der Waals surface area contributed by atoms with Gasteiger partial charge in [0, 0.05) is 22.7 Å². The summed E-state index contributed by atoms with van der Waals surface area (Å²) in [6, 6.07) is 8.06. The molecule has 2 aromatic rings. The molecule has 0 radical (unpaired) electrons. The monoisotopic (exact) mass is 503 g/mol. The minimum atomic E-state index is -4.71. The van der Waals surface area contributed by atoms with E-state index in [2.05, 4.69) is 10.5 Å². The molecule has 178 valence electrons. The van der Waals surface area contributed by atoms with E-state index in [0.29, 0.717) is 36.1 Å². The lowest BCUT2D eigenvalue weighted by Gasteiger charge is -2.24. The molecule has 0 heterocycles. The third-order valence-electron chi connectivity index (χ3n) is 5.46. The fourth-order valence-corrected chi connectivity index (χ4v) is 5.18. The first-order chi connectivity index (χ1) is 15.5. The van der Waals surface area contributed by atoms with Crippen molar-refractivity contribution in [2.45, 2.75) is 43.2 Å². The van der Waals surface area contributed by atoms with Gasteiger partial charge in [-0.1, -0.05) is 18.0 Å². The molecule has 2 aromatic carbocycles. The molecule has 0 spiro atoms. The SMILES string of the molecule is O=[N+]([O-])c1cc(C(F)(F)F)ccc1N/N=C1/CCCC[C@@H]1CCS(=O)(=O)c1ccc(Cl)cc1. The van der Waals surface area contributed by atoms with Crippen molar-refractivity contribution in [3.63, 3.8) is 0 Å². The summed E-state index contributed by atoms with van der Waals surface area (Å²) in [5, 5.41) is 15.9. The third-order valence-corrected chi connectivity index (χ3v) is 7.47. The number of hydrogen-bond donors (Lipinski definition) is 1. The second-order valence-corrected chi connectivity index (χ2v) is 10.3. The Hall–Kier alpha value is -2.66. The minimum absolute atomic E-state index is 0.112. The van der Waals surface area contributed by atoms with Crippen LogP contribution in [0.5, 0.6) is 0 Å². The van der Waals surface area contributed by atoms with Crippen LogP contribution in [0.25, 0.3) is 0 Å². The summed E-state index contributed by atoms with van der Waals surface area (Å²) < 4.78 is 63.9. The Labute approximate surface area is 193 Å². The number of halogens is 4. The first-order valence-electron chi connectivity index (χ1n) is 10.1. The van der Waals surface area contributed by atoms with Crippen molar-refractivity contribution in [3.05, 3.63) is 63.2 Å². The Kier molecular flexibility index (Phi) is 7.63. The van der Waals surface area contributed by atoms with Gasteiger partial charge in [0.25, 0.3) is 5.69 Å². The molecule has 12 heteroatoms. The van der Waals surface area contributed by atoms with Crippen LogP contribution in [-0.4, -0.2) is 24.8 Å². The van der Waals surface area contributed by atoms with Gasteiger partial charge in [0.2, 0.25) is 0 Å². The molecule has 1 N–H and O–H groups in total. The Morgan fingerprint density at radius 2 is 1.85 bits per heavy atom. The smallest absolute Gasteiger partial charge is 0.272 e. The summed E-state index contributed by atoms with van der Waals surface area (Å²) in [6.07, 6.45) is -1.44. The second-order valence-electron chi connectivity index (χ2n) is 7.71. The first kappa shape index (κ1) is 25.0. The van der Waals surface area contributed by atoms with E-state index in [4.69, 9.17) is 11.6 Å². The zero-order valence-corrected chi connectivity index (χ0v) is 18.9. The number of alkyl halides is 3. The van der Waals surface area contributed by atoms with Crippen molar-refractivity contribution in [2.75, 3.05) is 11.2 Å². The van der Waals surface area contributed by atoms with Crippen molar-refractivity contribution >= 4 is 38.5 Å². The van der Waals surface area contributed by atoms with E-state index in [0.717, 1.165) is 25.0 Å². The van der Waals surface area contributed by atoms with Gasteiger partial charge >= 0.3 is 6.18 Å². The van der Waals surface area contributed by atoms with Crippen LogP contribution in [0, 0.1) is 16.0 Å². The van der Waals surface area contributed by atoms with E-state index >= 15 is 0 Å². The predicted octanol–water partition coefficient (Wildman–Crippen LogP) is 6.09. The van der Waals surface area contributed by atoms with Gasteiger partial charge < -0.3 is 0 Å². The Bertz CT molecular complexity index is 1150. The van der Waals surface area contributed by atoms with Gasteiger partial charge in [0.15, 0.2) is 9.84 Å². The van der Waals surface area contributed by atoms with Gasteiger partial charge in [0.1, 0.15) is 5.69 Å². The lowest BCUT2D eigenvalue weighted by atomic mass is 9.85. The molecule has 1 saturated carbocycles. The zero-order chi connectivity index (χ0) is 24.2. The van der Waals surface area contributed by atoms with E-state index in [1.165, 1.54) is 24.3 Å². The molecular formula is C21H21ClF3N3O4S. The topological polar surface area (TPSA) is 102 Å². The Morgan fingerprint density at radius 3 is 2.48 bits per heavy atom. The summed E-state index contributed by atoms with van der Waals surface area (Å²) in [5.41, 5.74) is 1.12. The third kappa shape index (κ3) is 6.44. The number of hydrazone groups is 1. The van der Waals surface area contributed by atoms with Crippen LogP contribution < -0.4 is 5.43 Å². The van der Waals surface area contributed by atoms with E-state index < -0.39 is 32.2 Å². The highest BCUT2D eigenvalue weighted by Gasteiger charge is 2.33. The van der Waals surface area contributed by atoms with Crippen molar-refractivity contribution in [1.29, 1.82) is 0 Å². The number of benzene rings is 2.